The molecular formula is C27H24N2O4. The van der Waals surface area contributed by atoms with Crippen LogP contribution in [0.2, 0.25) is 0 Å². The molecule has 0 fully saturated rings. The lowest BCUT2D eigenvalue weighted by atomic mass is 10.1. The quantitative estimate of drug-likeness (QED) is 0.402. The van der Waals surface area contributed by atoms with E-state index >= 15 is 0 Å². The van der Waals surface area contributed by atoms with Gasteiger partial charge in [-0.15, -0.1) is 0 Å². The minimum absolute atomic E-state index is 0.144. The Kier molecular flexibility index (Phi) is 6.55. The molecule has 33 heavy (non-hydrogen) atoms. The average Bonchev–Trinajstić information content (AvgIpc) is 2.83. The second kappa shape index (κ2) is 9.87. The number of carbonyl (C=O) groups is 2. The smallest absolute Gasteiger partial charge is 0.262 e. The van der Waals surface area contributed by atoms with Gasteiger partial charge in [-0.1, -0.05) is 42.5 Å². The molecule has 0 spiro atoms. The molecule has 4 aromatic carbocycles. The fourth-order valence-electron chi connectivity index (χ4n) is 3.49. The van der Waals surface area contributed by atoms with Crippen molar-refractivity contribution in [2.24, 2.45) is 0 Å². The zero-order chi connectivity index (χ0) is 23.2. The Morgan fingerprint density at radius 1 is 0.818 bits per heavy atom. The molecule has 2 amide bonds. The van der Waals surface area contributed by atoms with Crippen molar-refractivity contribution in [3.63, 3.8) is 0 Å². The molecule has 0 aliphatic rings. The van der Waals surface area contributed by atoms with Crippen molar-refractivity contribution in [1.82, 2.24) is 0 Å². The van der Waals surface area contributed by atoms with Crippen molar-refractivity contribution in [3.05, 3.63) is 96.1 Å². The van der Waals surface area contributed by atoms with Crippen molar-refractivity contribution in [2.75, 3.05) is 24.4 Å². The second-order valence-electron chi connectivity index (χ2n) is 7.55. The summed E-state index contributed by atoms with van der Waals surface area (Å²) in [5.74, 6) is 0.553. The van der Waals surface area contributed by atoms with E-state index in [2.05, 4.69) is 10.6 Å². The van der Waals surface area contributed by atoms with Gasteiger partial charge in [0.2, 0.25) is 0 Å². The number of ether oxygens (including phenoxy) is 2. The van der Waals surface area contributed by atoms with Crippen LogP contribution in [-0.2, 0) is 4.79 Å². The highest BCUT2D eigenvalue weighted by molar-refractivity contribution is 6.05. The number of benzene rings is 4. The third kappa shape index (κ3) is 5.30. The first-order chi connectivity index (χ1) is 16.0. The van der Waals surface area contributed by atoms with Gasteiger partial charge in [-0.05, 0) is 60.3 Å². The summed E-state index contributed by atoms with van der Waals surface area (Å²) < 4.78 is 10.9. The van der Waals surface area contributed by atoms with Crippen LogP contribution in [-0.4, -0.2) is 25.5 Å². The maximum atomic E-state index is 12.6. The number of methoxy groups -OCH3 is 1. The van der Waals surface area contributed by atoms with E-state index in [4.69, 9.17) is 9.47 Å². The summed E-state index contributed by atoms with van der Waals surface area (Å²) >= 11 is 0. The van der Waals surface area contributed by atoms with Gasteiger partial charge >= 0.3 is 0 Å². The van der Waals surface area contributed by atoms with Crippen LogP contribution >= 0.6 is 0 Å². The van der Waals surface area contributed by atoms with E-state index in [1.54, 1.807) is 31.4 Å². The molecule has 4 aromatic rings. The van der Waals surface area contributed by atoms with Gasteiger partial charge in [-0.3, -0.25) is 9.59 Å². The van der Waals surface area contributed by atoms with Crippen LogP contribution in [0.25, 0.3) is 10.8 Å². The molecule has 2 N–H and O–H groups in total. The maximum absolute atomic E-state index is 12.6. The van der Waals surface area contributed by atoms with Crippen molar-refractivity contribution < 1.29 is 19.1 Å². The van der Waals surface area contributed by atoms with Gasteiger partial charge in [-0.25, -0.2) is 0 Å². The topological polar surface area (TPSA) is 76.7 Å². The molecule has 0 saturated carbocycles. The molecule has 0 unspecified atom stereocenters. The van der Waals surface area contributed by atoms with E-state index in [0.29, 0.717) is 22.7 Å². The Labute approximate surface area is 192 Å². The van der Waals surface area contributed by atoms with Gasteiger partial charge in [0.25, 0.3) is 11.8 Å². The summed E-state index contributed by atoms with van der Waals surface area (Å²) in [7, 11) is 1.56. The SMILES string of the molecule is COc1ccc(C)cc1NC(=O)c1ccc(OCC(=O)Nc2cccc3ccccc23)cc1. The fraction of sp³-hybridized carbons (Fsp3) is 0.111. The minimum Gasteiger partial charge on any atom is -0.495 e. The molecule has 4 rings (SSSR count). The van der Waals surface area contributed by atoms with Crippen LogP contribution in [0.15, 0.2) is 84.9 Å². The Bertz CT molecular complexity index is 1290. The Morgan fingerprint density at radius 3 is 2.36 bits per heavy atom. The molecule has 0 aromatic heterocycles. The van der Waals surface area contributed by atoms with Crippen LogP contribution in [0, 0.1) is 6.92 Å². The summed E-state index contributed by atoms with van der Waals surface area (Å²) in [4.78, 5) is 25.0. The predicted octanol–water partition coefficient (Wildman–Crippen LogP) is 5.43. The van der Waals surface area contributed by atoms with Gasteiger partial charge in [0.1, 0.15) is 11.5 Å². The normalized spacial score (nSPS) is 10.5. The third-order valence-electron chi connectivity index (χ3n) is 5.15. The van der Waals surface area contributed by atoms with Crippen molar-refractivity contribution >= 4 is 34.0 Å². The number of hydrogen-bond acceptors (Lipinski definition) is 4. The number of anilines is 2. The second-order valence-corrected chi connectivity index (χ2v) is 7.55. The average molecular weight is 440 g/mol. The summed E-state index contributed by atoms with van der Waals surface area (Å²) in [6.07, 6.45) is 0. The molecule has 0 saturated heterocycles. The highest BCUT2D eigenvalue weighted by Gasteiger charge is 2.11. The summed E-state index contributed by atoms with van der Waals surface area (Å²) in [6.45, 7) is 1.80. The standard InChI is InChI=1S/C27H24N2O4/c1-18-10-15-25(32-2)24(16-18)29-27(31)20-11-13-21(14-12-20)33-17-26(30)28-23-9-5-7-19-6-3-4-8-22(19)23/h3-16H,17H2,1-2H3,(H,28,30)(H,29,31). The zero-order valence-corrected chi connectivity index (χ0v) is 18.4. The fourth-order valence-corrected chi connectivity index (χ4v) is 3.49. The van der Waals surface area contributed by atoms with Crippen LogP contribution in [0.5, 0.6) is 11.5 Å². The van der Waals surface area contributed by atoms with Gasteiger partial charge in [0.05, 0.1) is 12.8 Å². The molecule has 166 valence electrons. The number of aryl methyl sites for hydroxylation is 1. The van der Waals surface area contributed by atoms with Gasteiger partial charge < -0.3 is 20.1 Å². The summed E-state index contributed by atoms with van der Waals surface area (Å²) in [5.41, 5.74) is 2.82. The lowest BCUT2D eigenvalue weighted by Gasteiger charge is -2.12. The molecule has 6 heteroatoms. The first-order valence-electron chi connectivity index (χ1n) is 10.5. The van der Waals surface area contributed by atoms with Crippen LogP contribution < -0.4 is 20.1 Å². The van der Waals surface area contributed by atoms with Crippen molar-refractivity contribution in [3.8, 4) is 11.5 Å². The monoisotopic (exact) mass is 440 g/mol. The summed E-state index contributed by atoms with van der Waals surface area (Å²) in [6, 6.07) is 25.8. The lowest BCUT2D eigenvalue weighted by molar-refractivity contribution is -0.118. The summed E-state index contributed by atoms with van der Waals surface area (Å²) in [5, 5.41) is 7.76. The number of hydrogen-bond donors (Lipinski definition) is 2. The van der Waals surface area contributed by atoms with Crippen LogP contribution in [0.1, 0.15) is 15.9 Å². The van der Waals surface area contributed by atoms with Gasteiger partial charge in [-0.2, -0.15) is 0 Å². The molecule has 0 bridgehead atoms. The first-order valence-corrected chi connectivity index (χ1v) is 10.5. The highest BCUT2D eigenvalue weighted by atomic mass is 16.5. The third-order valence-corrected chi connectivity index (χ3v) is 5.15. The largest absolute Gasteiger partial charge is 0.495 e. The molecule has 0 heterocycles. The molecule has 0 atom stereocenters. The Morgan fingerprint density at radius 2 is 1.58 bits per heavy atom. The van der Waals surface area contributed by atoms with E-state index in [1.807, 2.05) is 67.6 Å². The molecular weight excluding hydrogens is 416 g/mol. The van der Waals surface area contributed by atoms with Crippen molar-refractivity contribution in [2.45, 2.75) is 6.92 Å². The maximum Gasteiger partial charge on any atom is 0.262 e. The number of rotatable bonds is 7. The minimum atomic E-state index is -0.265. The molecule has 6 nitrogen and oxygen atoms in total. The molecule has 0 aliphatic heterocycles. The van der Waals surface area contributed by atoms with E-state index < -0.39 is 0 Å². The van der Waals surface area contributed by atoms with Crippen LogP contribution in [0.3, 0.4) is 0 Å². The van der Waals surface area contributed by atoms with E-state index in [0.717, 1.165) is 22.0 Å². The van der Waals surface area contributed by atoms with E-state index in [-0.39, 0.29) is 18.4 Å². The lowest BCUT2D eigenvalue weighted by Crippen LogP contribution is -2.20. The van der Waals surface area contributed by atoms with Gasteiger partial charge in [0, 0.05) is 16.6 Å². The number of carbonyl (C=O) groups excluding carboxylic acids is 2. The Hall–Kier alpha value is -4.32. The Balaban J connectivity index is 1.35. The molecule has 0 aliphatic carbocycles. The number of nitrogens with one attached hydrogen (secondary N) is 2. The van der Waals surface area contributed by atoms with Gasteiger partial charge in [0.15, 0.2) is 6.61 Å². The zero-order valence-electron chi connectivity index (χ0n) is 18.4. The van der Waals surface area contributed by atoms with E-state index in [9.17, 15) is 9.59 Å². The van der Waals surface area contributed by atoms with Crippen LogP contribution in [0.4, 0.5) is 11.4 Å². The highest BCUT2D eigenvalue weighted by Crippen LogP contribution is 2.26. The number of amides is 2. The molecule has 0 radical (unpaired) electrons. The van der Waals surface area contributed by atoms with E-state index in [1.165, 1.54) is 0 Å². The number of fused-ring (bicyclic) bond motifs is 1. The first kappa shape index (κ1) is 21.9. The van der Waals surface area contributed by atoms with Crippen molar-refractivity contribution in [1.29, 1.82) is 0 Å². The predicted molar refractivity (Wildman–Crippen MR) is 130 cm³/mol.